The van der Waals surface area contributed by atoms with Crippen LogP contribution in [0.5, 0.6) is 0 Å². The highest BCUT2D eigenvalue weighted by Gasteiger charge is 2.16. The molecule has 0 saturated heterocycles. The van der Waals surface area contributed by atoms with Gasteiger partial charge in [-0.15, -0.1) is 0 Å². The molecule has 0 radical (unpaired) electrons. The molecule has 0 aliphatic rings. The van der Waals surface area contributed by atoms with Gasteiger partial charge in [-0.1, -0.05) is 30.3 Å². The molecule has 1 unspecified atom stereocenters. The first-order valence-electron chi connectivity index (χ1n) is 5.18. The van der Waals surface area contributed by atoms with Crippen molar-refractivity contribution < 1.29 is 9.59 Å². The van der Waals surface area contributed by atoms with E-state index >= 15 is 0 Å². The third-order valence-corrected chi connectivity index (χ3v) is 2.60. The van der Waals surface area contributed by atoms with Gasteiger partial charge in [0.15, 0.2) is 0 Å². The maximum atomic E-state index is 11.5. The van der Waals surface area contributed by atoms with Gasteiger partial charge in [0.25, 0.3) is 0 Å². The zero-order chi connectivity index (χ0) is 11.3. The summed E-state index contributed by atoms with van der Waals surface area (Å²) in [4.78, 5) is 22.5. The van der Waals surface area contributed by atoms with Crippen molar-refractivity contribution in [3.63, 3.8) is 0 Å². The fourth-order valence-corrected chi connectivity index (χ4v) is 1.36. The van der Waals surface area contributed by atoms with Crippen molar-refractivity contribution in [3.8, 4) is 0 Å². The fraction of sp³-hybridized carbons (Fsp3) is 0.385. The predicted molar refractivity (Wildman–Crippen MR) is 59.6 cm³/mol. The normalized spacial score (nSPS) is 12.1. The summed E-state index contributed by atoms with van der Waals surface area (Å²) in [6.07, 6.45) is 1.17. The largest absolute Gasteiger partial charge is 0.299 e. The Morgan fingerprint density at radius 1 is 1.20 bits per heavy atom. The molecule has 2 heteroatoms. The Morgan fingerprint density at radius 3 is 2.33 bits per heavy atom. The standard InChI is InChI=1S/C13H16O2/c1-10(11(2)14)13(15)9-8-12-6-4-3-5-7-12/h3-7,10H,8-9H2,1-2H3. The molecular weight excluding hydrogens is 188 g/mol. The number of hydrogen-bond donors (Lipinski definition) is 0. The monoisotopic (exact) mass is 204 g/mol. The van der Waals surface area contributed by atoms with Crippen molar-refractivity contribution in [1.29, 1.82) is 0 Å². The lowest BCUT2D eigenvalue weighted by molar-refractivity contribution is -0.130. The van der Waals surface area contributed by atoms with E-state index in [2.05, 4.69) is 0 Å². The smallest absolute Gasteiger partial charge is 0.143 e. The average molecular weight is 204 g/mol. The van der Waals surface area contributed by atoms with E-state index in [9.17, 15) is 9.59 Å². The Morgan fingerprint density at radius 2 is 1.80 bits per heavy atom. The van der Waals surface area contributed by atoms with Gasteiger partial charge in [-0.25, -0.2) is 0 Å². The minimum Gasteiger partial charge on any atom is -0.299 e. The Hall–Kier alpha value is -1.44. The maximum absolute atomic E-state index is 11.5. The molecular formula is C13H16O2. The van der Waals surface area contributed by atoms with E-state index < -0.39 is 5.92 Å². The van der Waals surface area contributed by atoms with Gasteiger partial charge in [-0.2, -0.15) is 0 Å². The molecule has 0 amide bonds. The van der Waals surface area contributed by atoms with E-state index in [0.717, 1.165) is 12.0 Å². The summed E-state index contributed by atoms with van der Waals surface area (Å²) in [7, 11) is 0. The number of benzene rings is 1. The van der Waals surface area contributed by atoms with Crippen molar-refractivity contribution in [3.05, 3.63) is 35.9 Å². The quantitative estimate of drug-likeness (QED) is 0.690. The predicted octanol–water partition coefficient (Wildman–Crippen LogP) is 2.41. The van der Waals surface area contributed by atoms with Gasteiger partial charge < -0.3 is 0 Å². The van der Waals surface area contributed by atoms with Gasteiger partial charge in [0, 0.05) is 6.42 Å². The van der Waals surface area contributed by atoms with E-state index in [-0.39, 0.29) is 11.6 Å². The number of ketones is 2. The summed E-state index contributed by atoms with van der Waals surface area (Å²) < 4.78 is 0. The van der Waals surface area contributed by atoms with Crippen LogP contribution in [0.3, 0.4) is 0 Å². The zero-order valence-electron chi connectivity index (χ0n) is 9.19. The lowest BCUT2D eigenvalue weighted by Gasteiger charge is -2.06. The molecule has 0 spiro atoms. The highest BCUT2D eigenvalue weighted by molar-refractivity contribution is 6.00. The van der Waals surface area contributed by atoms with Gasteiger partial charge in [-0.3, -0.25) is 9.59 Å². The molecule has 0 saturated carbocycles. The van der Waals surface area contributed by atoms with Crippen LogP contribution in [0.25, 0.3) is 0 Å². The Bertz CT molecular complexity index is 341. The molecule has 2 nitrogen and oxygen atoms in total. The van der Waals surface area contributed by atoms with E-state index in [1.807, 2.05) is 30.3 Å². The van der Waals surface area contributed by atoms with Gasteiger partial charge in [0.2, 0.25) is 0 Å². The SMILES string of the molecule is CC(=O)C(C)C(=O)CCc1ccccc1. The number of carbonyl (C=O) groups is 2. The fourth-order valence-electron chi connectivity index (χ4n) is 1.36. The van der Waals surface area contributed by atoms with Crippen LogP contribution in [0.4, 0.5) is 0 Å². The maximum Gasteiger partial charge on any atom is 0.143 e. The molecule has 15 heavy (non-hydrogen) atoms. The van der Waals surface area contributed by atoms with Gasteiger partial charge in [0.1, 0.15) is 11.6 Å². The third-order valence-electron chi connectivity index (χ3n) is 2.60. The average Bonchev–Trinajstić information content (AvgIpc) is 2.26. The topological polar surface area (TPSA) is 34.1 Å². The van der Waals surface area contributed by atoms with Crippen LogP contribution in [-0.4, -0.2) is 11.6 Å². The van der Waals surface area contributed by atoms with E-state index in [1.165, 1.54) is 6.92 Å². The van der Waals surface area contributed by atoms with Crippen LogP contribution in [0.2, 0.25) is 0 Å². The first kappa shape index (κ1) is 11.6. The first-order chi connectivity index (χ1) is 7.11. The first-order valence-corrected chi connectivity index (χ1v) is 5.18. The summed E-state index contributed by atoms with van der Waals surface area (Å²) in [5.41, 5.74) is 1.14. The van der Waals surface area contributed by atoms with Crippen LogP contribution in [-0.2, 0) is 16.0 Å². The van der Waals surface area contributed by atoms with Gasteiger partial charge in [-0.05, 0) is 25.8 Å². The van der Waals surface area contributed by atoms with E-state index in [4.69, 9.17) is 0 Å². The number of Topliss-reactive ketones (excluding diaryl/α,β-unsaturated/α-hetero) is 2. The molecule has 1 atom stereocenters. The summed E-state index contributed by atoms with van der Waals surface area (Å²) in [5, 5.41) is 0. The molecule has 0 bridgehead atoms. The van der Waals surface area contributed by atoms with Crippen LogP contribution in [0.1, 0.15) is 25.8 Å². The van der Waals surface area contributed by atoms with Crippen molar-refractivity contribution in [2.24, 2.45) is 5.92 Å². The third kappa shape index (κ3) is 3.66. The van der Waals surface area contributed by atoms with Crippen LogP contribution in [0, 0.1) is 5.92 Å². The van der Waals surface area contributed by atoms with Crippen LogP contribution < -0.4 is 0 Å². The molecule has 0 heterocycles. The zero-order valence-corrected chi connectivity index (χ0v) is 9.19. The van der Waals surface area contributed by atoms with Crippen molar-refractivity contribution in [2.75, 3.05) is 0 Å². The molecule has 1 rings (SSSR count). The van der Waals surface area contributed by atoms with Crippen molar-refractivity contribution >= 4 is 11.6 Å². The summed E-state index contributed by atoms with van der Waals surface area (Å²) in [6.45, 7) is 3.14. The van der Waals surface area contributed by atoms with E-state index in [0.29, 0.717) is 6.42 Å². The Balaban J connectivity index is 2.44. The molecule has 0 fully saturated rings. The van der Waals surface area contributed by atoms with Gasteiger partial charge >= 0.3 is 0 Å². The van der Waals surface area contributed by atoms with Crippen LogP contribution >= 0.6 is 0 Å². The lowest BCUT2D eigenvalue weighted by atomic mass is 9.97. The molecule has 0 aliphatic carbocycles. The van der Waals surface area contributed by atoms with Crippen molar-refractivity contribution in [1.82, 2.24) is 0 Å². The van der Waals surface area contributed by atoms with Crippen LogP contribution in [0.15, 0.2) is 30.3 Å². The molecule has 0 N–H and O–H groups in total. The molecule has 0 aliphatic heterocycles. The molecule has 0 aromatic heterocycles. The summed E-state index contributed by atoms with van der Waals surface area (Å²) in [6, 6.07) is 9.84. The number of carbonyl (C=O) groups excluding carboxylic acids is 2. The highest BCUT2D eigenvalue weighted by atomic mass is 16.1. The summed E-state index contributed by atoms with van der Waals surface area (Å²) >= 11 is 0. The summed E-state index contributed by atoms with van der Waals surface area (Å²) in [5.74, 6) is -0.465. The van der Waals surface area contributed by atoms with E-state index in [1.54, 1.807) is 6.92 Å². The molecule has 1 aromatic carbocycles. The minimum absolute atomic E-state index is 0.0337. The molecule has 1 aromatic rings. The molecule has 80 valence electrons. The number of aryl methyl sites for hydroxylation is 1. The second-order valence-corrected chi connectivity index (χ2v) is 3.78. The highest BCUT2D eigenvalue weighted by Crippen LogP contribution is 2.07. The van der Waals surface area contributed by atoms with Crippen molar-refractivity contribution in [2.45, 2.75) is 26.7 Å². The number of hydrogen-bond acceptors (Lipinski definition) is 2. The minimum atomic E-state index is -0.450. The Labute approximate surface area is 90.3 Å². The van der Waals surface area contributed by atoms with Gasteiger partial charge in [0.05, 0.1) is 5.92 Å². The number of rotatable bonds is 5. The Kier molecular flexibility index (Phi) is 4.22. The lowest BCUT2D eigenvalue weighted by Crippen LogP contribution is -2.18. The second-order valence-electron chi connectivity index (χ2n) is 3.78. The second kappa shape index (κ2) is 5.44.